The number of aromatic nitrogens is 4. The fraction of sp³-hybridized carbons (Fsp3) is 0.441. The SMILES string of the molecule is C=CC(=O)OCCCCCCCCCCCCOc1cnc(-c2ccc(COc3ccc(C#N)cc3OCc3ccc(-c4ncc(OCCCCCCCCCCCCOC(=O)C=C)cn4)cc3)cc2)nc1. The predicted octanol–water partition coefficient (Wildman–Crippen LogP) is 13.6. The molecule has 13 nitrogen and oxygen atoms in total. The first-order valence-corrected chi connectivity index (χ1v) is 25.9. The average molecular weight is 980 g/mol. The van der Waals surface area contributed by atoms with Crippen molar-refractivity contribution in [2.45, 2.75) is 142 Å². The van der Waals surface area contributed by atoms with Crippen LogP contribution in [0.15, 0.2) is 117 Å². The molecule has 72 heavy (non-hydrogen) atoms. The van der Waals surface area contributed by atoms with Gasteiger partial charge >= 0.3 is 11.9 Å². The molecule has 0 amide bonds. The quantitative estimate of drug-likeness (QED) is 0.0209. The lowest BCUT2D eigenvalue weighted by atomic mass is 10.1. The van der Waals surface area contributed by atoms with Crippen LogP contribution in [0.3, 0.4) is 0 Å². The molecular formula is C59H73N5O8. The summed E-state index contributed by atoms with van der Waals surface area (Å²) in [7, 11) is 0. The largest absolute Gasteiger partial charge is 0.490 e. The Kier molecular flexibility index (Phi) is 26.6. The minimum absolute atomic E-state index is 0.276. The van der Waals surface area contributed by atoms with E-state index in [1.807, 2.05) is 48.5 Å². The van der Waals surface area contributed by atoms with E-state index in [0.29, 0.717) is 73.2 Å². The summed E-state index contributed by atoms with van der Waals surface area (Å²) in [5.41, 5.74) is 4.14. The first-order chi connectivity index (χ1) is 35.4. The van der Waals surface area contributed by atoms with Gasteiger partial charge in [-0.1, -0.05) is 164 Å². The van der Waals surface area contributed by atoms with E-state index in [0.717, 1.165) is 73.6 Å². The van der Waals surface area contributed by atoms with E-state index < -0.39 is 0 Å². The molecule has 2 heterocycles. The predicted molar refractivity (Wildman–Crippen MR) is 280 cm³/mol. The fourth-order valence-electron chi connectivity index (χ4n) is 7.79. The Morgan fingerprint density at radius 1 is 0.444 bits per heavy atom. The van der Waals surface area contributed by atoms with Crippen LogP contribution in [0, 0.1) is 11.3 Å². The minimum Gasteiger partial charge on any atom is -0.490 e. The molecule has 0 atom stereocenters. The maximum atomic E-state index is 11.1. The zero-order valence-corrected chi connectivity index (χ0v) is 42.1. The molecule has 0 bridgehead atoms. The van der Waals surface area contributed by atoms with Crippen LogP contribution in [0.5, 0.6) is 23.0 Å². The summed E-state index contributed by atoms with van der Waals surface area (Å²) >= 11 is 0. The maximum Gasteiger partial charge on any atom is 0.330 e. The van der Waals surface area contributed by atoms with Crippen LogP contribution >= 0.6 is 0 Å². The van der Waals surface area contributed by atoms with Crippen molar-refractivity contribution in [3.05, 3.63) is 134 Å². The van der Waals surface area contributed by atoms with Gasteiger partial charge in [0.1, 0.15) is 13.2 Å². The number of carbonyl (C=O) groups excluding carboxylic acids is 2. The van der Waals surface area contributed by atoms with Crippen molar-refractivity contribution in [1.82, 2.24) is 19.9 Å². The van der Waals surface area contributed by atoms with Crippen molar-refractivity contribution in [3.63, 3.8) is 0 Å². The second kappa shape index (κ2) is 34.3. The van der Waals surface area contributed by atoms with E-state index in [1.54, 1.807) is 43.0 Å². The Morgan fingerprint density at radius 3 is 1.15 bits per heavy atom. The van der Waals surface area contributed by atoms with E-state index >= 15 is 0 Å². The highest BCUT2D eigenvalue weighted by molar-refractivity contribution is 5.81. The van der Waals surface area contributed by atoms with Gasteiger partial charge < -0.3 is 28.4 Å². The first kappa shape index (κ1) is 55.9. The molecule has 5 rings (SSSR count). The van der Waals surface area contributed by atoms with Gasteiger partial charge in [-0.2, -0.15) is 5.26 Å². The van der Waals surface area contributed by atoms with Gasteiger partial charge in [0, 0.05) is 29.3 Å². The molecule has 5 aromatic rings. The average Bonchev–Trinajstić information content (AvgIpc) is 3.42. The first-order valence-electron chi connectivity index (χ1n) is 25.9. The second-order valence-corrected chi connectivity index (χ2v) is 17.7. The Hall–Kier alpha value is -7.07. The lowest BCUT2D eigenvalue weighted by molar-refractivity contribution is -0.138. The number of carbonyl (C=O) groups is 2. The van der Waals surface area contributed by atoms with Crippen LogP contribution in [0.25, 0.3) is 22.8 Å². The third-order valence-electron chi connectivity index (χ3n) is 12.0. The number of nitriles is 1. The monoisotopic (exact) mass is 980 g/mol. The molecule has 0 aliphatic rings. The van der Waals surface area contributed by atoms with Crippen molar-refractivity contribution >= 4 is 11.9 Å². The lowest BCUT2D eigenvalue weighted by Gasteiger charge is -2.14. The summed E-state index contributed by atoms with van der Waals surface area (Å²) in [6.45, 7) is 9.64. The molecule has 0 saturated heterocycles. The van der Waals surface area contributed by atoms with Crippen molar-refractivity contribution < 1.29 is 38.0 Å². The Morgan fingerprint density at radius 2 is 0.792 bits per heavy atom. The van der Waals surface area contributed by atoms with Gasteiger partial charge in [-0.25, -0.2) is 29.5 Å². The van der Waals surface area contributed by atoms with E-state index in [2.05, 4.69) is 39.2 Å². The number of unbranched alkanes of at least 4 members (excludes halogenated alkanes) is 18. The van der Waals surface area contributed by atoms with E-state index in [1.165, 1.54) is 89.2 Å². The van der Waals surface area contributed by atoms with Crippen LogP contribution in [0.4, 0.5) is 0 Å². The summed E-state index contributed by atoms with van der Waals surface area (Å²) < 4.78 is 34.3. The molecule has 0 fully saturated rings. The standard InChI is InChI=1S/C59H73N5O8/c1-3-56(65)69-37-23-19-15-11-7-5-9-13-17-21-35-67-52-41-61-58(62-42-52)50-30-25-47(26-31-50)45-71-54-34-29-49(40-60)39-55(54)72-46-48-27-32-51(33-28-48)59-63-43-53(44-64-59)68-36-22-18-14-10-6-8-12-16-20-24-38-70-57(66)4-2/h3-4,25-34,39,41-44H,1-2,5-24,35-38,45-46H2. The topological polar surface area (TPSA) is 165 Å². The van der Waals surface area contributed by atoms with Gasteiger partial charge in [0.05, 0.1) is 62.8 Å². The number of rotatable bonds is 38. The molecule has 2 aromatic heterocycles. The third kappa shape index (κ3) is 22.3. The highest BCUT2D eigenvalue weighted by Crippen LogP contribution is 2.31. The lowest BCUT2D eigenvalue weighted by Crippen LogP contribution is -2.01. The van der Waals surface area contributed by atoms with Gasteiger partial charge in [-0.05, 0) is 48.9 Å². The third-order valence-corrected chi connectivity index (χ3v) is 12.0. The summed E-state index contributed by atoms with van der Waals surface area (Å²) in [5.74, 6) is 2.88. The van der Waals surface area contributed by atoms with Crippen molar-refractivity contribution in [2.24, 2.45) is 0 Å². The Bertz CT molecular complexity index is 2370. The highest BCUT2D eigenvalue weighted by atomic mass is 16.5. The Labute approximate surface area is 427 Å². The summed E-state index contributed by atoms with van der Waals surface area (Å²) in [6, 6.07) is 23.2. The van der Waals surface area contributed by atoms with Crippen LogP contribution < -0.4 is 18.9 Å². The zero-order valence-electron chi connectivity index (χ0n) is 42.1. The van der Waals surface area contributed by atoms with Gasteiger partial charge in [0.25, 0.3) is 0 Å². The summed E-state index contributed by atoms with van der Waals surface area (Å²) in [4.78, 5) is 40.3. The van der Waals surface area contributed by atoms with Gasteiger partial charge in [-0.15, -0.1) is 0 Å². The molecular weight excluding hydrogens is 907 g/mol. The zero-order chi connectivity index (χ0) is 50.7. The van der Waals surface area contributed by atoms with Crippen molar-refractivity contribution in [1.29, 1.82) is 5.26 Å². The van der Waals surface area contributed by atoms with Gasteiger partial charge in [-0.3, -0.25) is 0 Å². The summed E-state index contributed by atoms with van der Waals surface area (Å²) in [6.07, 6.45) is 32.2. The van der Waals surface area contributed by atoms with E-state index in [4.69, 9.17) is 28.4 Å². The second-order valence-electron chi connectivity index (χ2n) is 17.7. The van der Waals surface area contributed by atoms with Crippen molar-refractivity contribution in [2.75, 3.05) is 26.4 Å². The molecule has 3 aromatic carbocycles. The number of hydrogen-bond donors (Lipinski definition) is 0. The van der Waals surface area contributed by atoms with E-state index in [-0.39, 0.29) is 18.5 Å². The van der Waals surface area contributed by atoms with Crippen molar-refractivity contribution in [3.8, 4) is 51.8 Å². The van der Waals surface area contributed by atoms with Crippen LogP contribution in [0.1, 0.15) is 145 Å². The molecule has 0 N–H and O–H groups in total. The normalized spacial score (nSPS) is 10.8. The fourth-order valence-corrected chi connectivity index (χ4v) is 7.79. The van der Waals surface area contributed by atoms with Crippen LogP contribution in [-0.4, -0.2) is 58.3 Å². The van der Waals surface area contributed by atoms with Crippen LogP contribution in [0.2, 0.25) is 0 Å². The van der Waals surface area contributed by atoms with E-state index in [9.17, 15) is 14.9 Å². The summed E-state index contributed by atoms with van der Waals surface area (Å²) in [5, 5.41) is 9.60. The molecule has 0 aliphatic heterocycles. The number of benzene rings is 3. The minimum atomic E-state index is -0.343. The smallest absolute Gasteiger partial charge is 0.330 e. The number of hydrogen-bond acceptors (Lipinski definition) is 13. The molecule has 0 aliphatic carbocycles. The number of esters is 2. The molecule has 13 heteroatoms. The number of ether oxygens (including phenoxy) is 6. The Balaban J connectivity index is 0.936. The highest BCUT2D eigenvalue weighted by Gasteiger charge is 2.11. The molecule has 0 unspecified atom stereocenters. The molecule has 382 valence electrons. The molecule has 0 saturated carbocycles. The van der Waals surface area contributed by atoms with Gasteiger partial charge in [0.15, 0.2) is 34.6 Å². The molecule has 0 radical (unpaired) electrons. The maximum absolute atomic E-state index is 11.1. The molecule has 0 spiro atoms. The van der Waals surface area contributed by atoms with Gasteiger partial charge in [0.2, 0.25) is 0 Å². The van der Waals surface area contributed by atoms with Crippen LogP contribution in [-0.2, 0) is 32.3 Å². The number of nitrogens with zero attached hydrogens (tertiary/aromatic N) is 5.